The number of aryl methyl sites for hydroxylation is 1. The molecule has 1 heterocycles. The summed E-state index contributed by atoms with van der Waals surface area (Å²) in [6.45, 7) is 3.74. The number of benzene rings is 1. The molecule has 0 unspecified atom stereocenters. The van der Waals surface area contributed by atoms with Gasteiger partial charge in [0.15, 0.2) is 10.8 Å². The van der Waals surface area contributed by atoms with E-state index in [0.717, 1.165) is 11.1 Å². The number of rotatable bonds is 5. The van der Waals surface area contributed by atoms with Gasteiger partial charge < -0.3 is 5.73 Å². The van der Waals surface area contributed by atoms with Crippen LogP contribution < -0.4 is 5.73 Å². The monoisotopic (exact) mass is 328 g/mol. The number of thiocarbonyl (C=S) groups is 1. The van der Waals surface area contributed by atoms with E-state index in [1.54, 1.807) is 19.1 Å². The van der Waals surface area contributed by atoms with Crippen LogP contribution in [0.25, 0.3) is 6.08 Å². The van der Waals surface area contributed by atoms with Crippen molar-refractivity contribution in [1.29, 1.82) is 0 Å². The summed E-state index contributed by atoms with van der Waals surface area (Å²) in [5.74, 6) is -0.0849. The minimum absolute atomic E-state index is 0.0849. The molecule has 0 amide bonds. The van der Waals surface area contributed by atoms with Crippen molar-refractivity contribution < 1.29 is 4.79 Å². The Bertz CT molecular complexity index is 758. The second-order valence-corrected chi connectivity index (χ2v) is 6.23. The molecule has 0 atom stereocenters. The molecule has 0 fully saturated rings. The molecule has 1 aromatic carbocycles. The van der Waals surface area contributed by atoms with Crippen LogP contribution in [0, 0.1) is 6.92 Å². The third-order valence-corrected chi connectivity index (χ3v) is 4.45. The maximum Gasteiger partial charge on any atom is 0.197 e. The van der Waals surface area contributed by atoms with E-state index in [0.29, 0.717) is 15.6 Å². The second-order valence-electron chi connectivity index (χ2n) is 4.79. The molecule has 2 N–H and O–H groups in total. The molecule has 3 nitrogen and oxygen atoms in total. The summed E-state index contributed by atoms with van der Waals surface area (Å²) in [6.07, 6.45) is 5.37. The van der Waals surface area contributed by atoms with E-state index in [2.05, 4.69) is 4.98 Å². The summed E-state index contributed by atoms with van der Waals surface area (Å²) in [7, 11) is 0. The molecule has 0 aliphatic heterocycles. The van der Waals surface area contributed by atoms with Crippen molar-refractivity contribution in [2.24, 2.45) is 5.73 Å². The number of carbonyl (C=O) groups is 1. The van der Waals surface area contributed by atoms with E-state index in [-0.39, 0.29) is 10.8 Å². The van der Waals surface area contributed by atoms with Gasteiger partial charge in [0.1, 0.15) is 4.99 Å². The number of allylic oxidation sites excluding steroid dienone is 3. The van der Waals surface area contributed by atoms with E-state index in [1.807, 2.05) is 43.3 Å². The zero-order valence-electron chi connectivity index (χ0n) is 12.4. The number of thiazole rings is 1. The summed E-state index contributed by atoms with van der Waals surface area (Å²) in [5, 5.41) is 0.529. The van der Waals surface area contributed by atoms with Crippen LogP contribution in [0.4, 0.5) is 0 Å². The van der Waals surface area contributed by atoms with Gasteiger partial charge in [-0.15, -0.1) is 11.3 Å². The minimum Gasteiger partial charge on any atom is -0.387 e. The van der Waals surface area contributed by atoms with Gasteiger partial charge in [-0.25, -0.2) is 4.98 Å². The molecule has 0 saturated carbocycles. The van der Waals surface area contributed by atoms with E-state index < -0.39 is 0 Å². The highest BCUT2D eigenvalue weighted by molar-refractivity contribution is 7.81. The van der Waals surface area contributed by atoms with Crippen LogP contribution in [0.2, 0.25) is 0 Å². The van der Waals surface area contributed by atoms with Crippen LogP contribution in [0.1, 0.15) is 32.9 Å². The van der Waals surface area contributed by atoms with Gasteiger partial charge in [0, 0.05) is 0 Å². The topological polar surface area (TPSA) is 56.0 Å². The van der Waals surface area contributed by atoms with Crippen molar-refractivity contribution in [3.63, 3.8) is 0 Å². The van der Waals surface area contributed by atoms with Gasteiger partial charge in [0.2, 0.25) is 0 Å². The summed E-state index contributed by atoms with van der Waals surface area (Å²) >= 11 is 6.12. The van der Waals surface area contributed by atoms with E-state index in [4.69, 9.17) is 18.0 Å². The van der Waals surface area contributed by atoms with Gasteiger partial charge >= 0.3 is 0 Å². The van der Waals surface area contributed by atoms with Gasteiger partial charge in [0.25, 0.3) is 0 Å². The molecule has 0 aliphatic carbocycles. The highest BCUT2D eigenvalue weighted by Crippen LogP contribution is 2.19. The maximum atomic E-state index is 12.2. The third kappa shape index (κ3) is 4.19. The molecule has 2 rings (SSSR count). The minimum atomic E-state index is -0.0849. The second kappa shape index (κ2) is 7.24. The Hall–Kier alpha value is -2.11. The number of carbonyl (C=O) groups excluding carboxylic acids is 1. The van der Waals surface area contributed by atoms with Crippen molar-refractivity contribution in [2.75, 3.05) is 0 Å². The van der Waals surface area contributed by atoms with E-state index in [9.17, 15) is 4.79 Å². The Labute approximate surface area is 139 Å². The maximum absolute atomic E-state index is 12.2. The van der Waals surface area contributed by atoms with E-state index >= 15 is 0 Å². The summed E-state index contributed by atoms with van der Waals surface area (Å²) in [4.78, 5) is 17.2. The number of hydrogen-bond acceptors (Lipinski definition) is 4. The first-order valence-electron chi connectivity index (χ1n) is 6.70. The van der Waals surface area contributed by atoms with Crippen molar-refractivity contribution in [3.8, 4) is 0 Å². The number of nitrogens with zero attached hydrogens (tertiary/aromatic N) is 1. The lowest BCUT2D eigenvalue weighted by Crippen LogP contribution is -2.08. The van der Waals surface area contributed by atoms with E-state index in [1.165, 1.54) is 11.3 Å². The first-order chi connectivity index (χ1) is 10.5. The average Bonchev–Trinajstić information content (AvgIpc) is 2.88. The zero-order chi connectivity index (χ0) is 16.1. The molecule has 0 bridgehead atoms. The predicted octanol–water partition coefficient (Wildman–Crippen LogP) is 3.93. The summed E-state index contributed by atoms with van der Waals surface area (Å²) in [6, 6.07) is 9.96. The molecule has 2 aromatic rings. The fraction of sp³-hybridized carbons (Fsp3) is 0.118. The molecule has 0 aliphatic rings. The molecule has 0 saturated heterocycles. The number of aromatic nitrogens is 1. The molecule has 0 spiro atoms. The van der Waals surface area contributed by atoms with Gasteiger partial charge in [-0.2, -0.15) is 0 Å². The Kier molecular flexibility index (Phi) is 5.35. The lowest BCUT2D eigenvalue weighted by atomic mass is 10.1. The van der Waals surface area contributed by atoms with Crippen LogP contribution in [-0.4, -0.2) is 15.8 Å². The van der Waals surface area contributed by atoms with Crippen LogP contribution in [0.15, 0.2) is 48.1 Å². The predicted molar refractivity (Wildman–Crippen MR) is 96.3 cm³/mol. The Morgan fingerprint density at radius 2 is 1.95 bits per heavy atom. The first kappa shape index (κ1) is 16.3. The van der Waals surface area contributed by atoms with Crippen molar-refractivity contribution >= 4 is 40.4 Å². The Balaban J connectivity index is 2.14. The Morgan fingerprint density at radius 3 is 2.55 bits per heavy atom. The summed E-state index contributed by atoms with van der Waals surface area (Å²) in [5.41, 5.74) is 8.30. The molecule has 22 heavy (non-hydrogen) atoms. The number of nitrogens with two attached hydrogens (primary N) is 1. The quantitative estimate of drug-likeness (QED) is 0.391. The first-order valence-corrected chi connectivity index (χ1v) is 7.93. The number of hydrogen-bond donors (Lipinski definition) is 1. The molecule has 5 heteroatoms. The summed E-state index contributed by atoms with van der Waals surface area (Å²) < 4.78 is 0. The highest BCUT2D eigenvalue weighted by atomic mass is 32.1. The molecular formula is C17H16N2OS2. The molecule has 0 radical (unpaired) electrons. The molecule has 112 valence electrons. The fourth-order valence-corrected chi connectivity index (χ4v) is 2.88. The smallest absolute Gasteiger partial charge is 0.197 e. The SMILES string of the molecule is CC(/C=C/C(=O)c1sc(C(N)=S)nc1C)=C\c1ccccc1. The van der Waals surface area contributed by atoms with Crippen molar-refractivity contribution in [1.82, 2.24) is 4.98 Å². The van der Waals surface area contributed by atoms with Crippen molar-refractivity contribution in [3.05, 3.63) is 69.2 Å². The molecular weight excluding hydrogens is 312 g/mol. The van der Waals surface area contributed by atoms with Gasteiger partial charge in [-0.1, -0.05) is 60.3 Å². The van der Waals surface area contributed by atoms with Gasteiger partial charge in [-0.3, -0.25) is 4.79 Å². The van der Waals surface area contributed by atoms with Crippen LogP contribution in [0.5, 0.6) is 0 Å². The van der Waals surface area contributed by atoms with Crippen LogP contribution in [0.3, 0.4) is 0 Å². The lowest BCUT2D eigenvalue weighted by Gasteiger charge is -1.95. The lowest BCUT2D eigenvalue weighted by molar-refractivity contribution is 0.104. The fourth-order valence-electron chi connectivity index (χ4n) is 1.87. The normalized spacial score (nSPS) is 11.8. The van der Waals surface area contributed by atoms with Crippen LogP contribution >= 0.6 is 23.6 Å². The average molecular weight is 328 g/mol. The largest absolute Gasteiger partial charge is 0.387 e. The highest BCUT2D eigenvalue weighted by Gasteiger charge is 2.14. The third-order valence-electron chi connectivity index (χ3n) is 2.92. The van der Waals surface area contributed by atoms with Crippen LogP contribution in [-0.2, 0) is 0 Å². The Morgan fingerprint density at radius 1 is 1.27 bits per heavy atom. The number of ketones is 1. The van der Waals surface area contributed by atoms with Gasteiger partial charge in [0.05, 0.1) is 10.6 Å². The van der Waals surface area contributed by atoms with Gasteiger partial charge in [-0.05, 0) is 25.5 Å². The molecule has 1 aromatic heterocycles. The standard InChI is InChI=1S/C17H16N2OS2/c1-11(10-13-6-4-3-5-7-13)8-9-14(20)15-12(2)19-17(22-15)16(18)21/h3-10H,1-2H3,(H2,18,21)/b9-8+,11-10+. The van der Waals surface area contributed by atoms with Crippen molar-refractivity contribution in [2.45, 2.75) is 13.8 Å². The zero-order valence-corrected chi connectivity index (χ0v) is 14.0.